The van der Waals surface area contributed by atoms with Crippen LogP contribution in [0.25, 0.3) is 0 Å². The van der Waals surface area contributed by atoms with Gasteiger partial charge in [0.05, 0.1) is 13.1 Å². The first-order valence-corrected chi connectivity index (χ1v) is 7.73. The second kappa shape index (κ2) is 7.43. The minimum atomic E-state index is -0.151. The largest absolute Gasteiger partial charge is 0.351 e. The fourth-order valence-corrected chi connectivity index (χ4v) is 2.91. The van der Waals surface area contributed by atoms with Crippen molar-refractivity contribution >= 4 is 11.8 Å². The summed E-state index contributed by atoms with van der Waals surface area (Å²) in [4.78, 5) is 24.5. The average Bonchev–Trinajstić information content (AvgIpc) is 2.47. The number of amides is 2. The monoisotopic (exact) mass is 280 g/mol. The summed E-state index contributed by atoms with van der Waals surface area (Å²) in [6.07, 6.45) is 8.24. The lowest BCUT2D eigenvalue weighted by atomic mass is 9.97. The Kier molecular flexibility index (Phi) is 5.59. The highest BCUT2D eigenvalue weighted by atomic mass is 16.2. The molecule has 2 amide bonds. The van der Waals surface area contributed by atoms with E-state index in [1.54, 1.807) is 0 Å². The quantitative estimate of drug-likeness (QED) is 0.589. The Bertz CT molecular complexity index is 393. The van der Waals surface area contributed by atoms with Crippen LogP contribution in [-0.2, 0) is 9.59 Å². The maximum absolute atomic E-state index is 12.1. The lowest BCUT2D eigenvalue weighted by molar-refractivity contribution is -0.907. The van der Waals surface area contributed by atoms with Crippen molar-refractivity contribution in [3.8, 4) is 0 Å². The molecule has 112 valence electrons. The second-order valence-corrected chi connectivity index (χ2v) is 5.81. The summed E-state index contributed by atoms with van der Waals surface area (Å²) in [5, 5.41) is 5.80. The highest BCUT2D eigenvalue weighted by Crippen LogP contribution is 2.19. The number of carbonyl (C=O) groups excluding carboxylic acids is 2. The van der Waals surface area contributed by atoms with Gasteiger partial charge in [-0.15, -0.1) is 0 Å². The Balaban J connectivity index is 1.70. The van der Waals surface area contributed by atoms with E-state index in [2.05, 4.69) is 16.7 Å². The van der Waals surface area contributed by atoms with Crippen LogP contribution in [0.2, 0.25) is 0 Å². The molecule has 0 radical (unpaired) electrons. The third kappa shape index (κ3) is 4.34. The van der Waals surface area contributed by atoms with Crippen LogP contribution in [-0.4, -0.2) is 44.0 Å². The summed E-state index contributed by atoms with van der Waals surface area (Å²) >= 11 is 0. The van der Waals surface area contributed by atoms with Crippen LogP contribution < -0.4 is 15.5 Å². The van der Waals surface area contributed by atoms with E-state index < -0.39 is 0 Å². The summed E-state index contributed by atoms with van der Waals surface area (Å²) < 4.78 is 0. The molecule has 5 heteroatoms. The van der Waals surface area contributed by atoms with Gasteiger partial charge in [0.25, 0.3) is 11.8 Å². The molecule has 5 nitrogen and oxygen atoms in total. The van der Waals surface area contributed by atoms with Crippen molar-refractivity contribution in [3.63, 3.8) is 0 Å². The molecule has 1 aliphatic carbocycles. The molecule has 1 aliphatic heterocycles. The number of piperazine rings is 1. The predicted octanol–water partition coefficient (Wildman–Crippen LogP) is -0.604. The van der Waals surface area contributed by atoms with Gasteiger partial charge in [-0.2, -0.15) is 0 Å². The van der Waals surface area contributed by atoms with Crippen LogP contribution in [0, 0.1) is 0 Å². The molecule has 2 rings (SSSR count). The van der Waals surface area contributed by atoms with Gasteiger partial charge in [-0.25, -0.2) is 0 Å². The topological polar surface area (TPSA) is 62.6 Å². The van der Waals surface area contributed by atoms with Gasteiger partial charge < -0.3 is 15.5 Å². The Morgan fingerprint density at radius 2 is 2.35 bits per heavy atom. The van der Waals surface area contributed by atoms with E-state index in [9.17, 15) is 9.59 Å². The number of allylic oxidation sites excluding steroid dienone is 1. The zero-order valence-electron chi connectivity index (χ0n) is 12.3. The summed E-state index contributed by atoms with van der Waals surface area (Å²) in [5.41, 5.74) is 1.48. The van der Waals surface area contributed by atoms with Crippen LogP contribution in [0.1, 0.15) is 39.0 Å². The summed E-state index contributed by atoms with van der Waals surface area (Å²) in [5.74, 6) is 0.101. The molecule has 3 N–H and O–H groups in total. The smallest absolute Gasteiger partial charge is 0.278 e. The van der Waals surface area contributed by atoms with Crippen LogP contribution in [0.4, 0.5) is 0 Å². The van der Waals surface area contributed by atoms with Crippen LogP contribution in [0.3, 0.4) is 0 Å². The SMILES string of the molecule is C[C@@H](C(=O)NCCC1=CCCCC1)[NH+]1CCNC(=O)C1. The molecule has 20 heavy (non-hydrogen) atoms. The number of carbonyl (C=O) groups is 2. The van der Waals surface area contributed by atoms with Gasteiger partial charge in [0.1, 0.15) is 0 Å². The number of rotatable bonds is 5. The van der Waals surface area contributed by atoms with E-state index >= 15 is 0 Å². The average molecular weight is 280 g/mol. The molecule has 1 unspecified atom stereocenters. The molecule has 1 heterocycles. The van der Waals surface area contributed by atoms with E-state index in [1.165, 1.54) is 31.3 Å². The van der Waals surface area contributed by atoms with E-state index in [-0.39, 0.29) is 17.9 Å². The number of hydrogen-bond donors (Lipinski definition) is 3. The molecule has 0 aromatic heterocycles. The molecule has 0 saturated carbocycles. The van der Waals surface area contributed by atoms with E-state index in [4.69, 9.17) is 0 Å². The maximum atomic E-state index is 12.1. The molecule has 0 spiro atoms. The first-order valence-electron chi connectivity index (χ1n) is 7.73. The summed E-state index contributed by atoms with van der Waals surface area (Å²) in [6.45, 7) is 4.52. The molecule has 0 aromatic rings. The van der Waals surface area contributed by atoms with E-state index in [0.717, 1.165) is 17.9 Å². The standard InChI is InChI=1S/C15H25N3O2/c1-12(18-10-9-16-14(19)11-18)15(20)17-8-7-13-5-3-2-4-6-13/h5,12H,2-4,6-11H2,1H3,(H,16,19)(H,17,20)/p+1/t12-/m0/s1. The highest BCUT2D eigenvalue weighted by molar-refractivity contribution is 5.81. The minimum absolute atomic E-state index is 0.0401. The first kappa shape index (κ1) is 15.0. The lowest BCUT2D eigenvalue weighted by Crippen LogP contribution is -3.19. The van der Waals surface area contributed by atoms with Gasteiger partial charge in [-0.05, 0) is 39.0 Å². The Labute approximate surface area is 120 Å². The zero-order valence-corrected chi connectivity index (χ0v) is 12.3. The normalized spacial score (nSPS) is 24.6. The van der Waals surface area contributed by atoms with Crippen LogP contribution in [0.5, 0.6) is 0 Å². The van der Waals surface area contributed by atoms with E-state index in [0.29, 0.717) is 19.6 Å². The van der Waals surface area contributed by atoms with Crippen molar-refractivity contribution in [3.05, 3.63) is 11.6 Å². The van der Waals surface area contributed by atoms with Gasteiger partial charge in [-0.3, -0.25) is 9.59 Å². The first-order chi connectivity index (χ1) is 9.66. The summed E-state index contributed by atoms with van der Waals surface area (Å²) in [7, 11) is 0. The van der Waals surface area contributed by atoms with Crippen molar-refractivity contribution in [2.24, 2.45) is 0 Å². The zero-order chi connectivity index (χ0) is 14.4. The fraction of sp³-hybridized carbons (Fsp3) is 0.733. The molecule has 0 aromatic carbocycles. The van der Waals surface area contributed by atoms with Crippen molar-refractivity contribution in [1.82, 2.24) is 10.6 Å². The summed E-state index contributed by atoms with van der Waals surface area (Å²) in [6, 6.07) is -0.151. The van der Waals surface area contributed by atoms with Gasteiger partial charge in [0.2, 0.25) is 0 Å². The fourth-order valence-electron chi connectivity index (χ4n) is 2.91. The number of nitrogens with one attached hydrogen (secondary N) is 3. The van der Waals surface area contributed by atoms with E-state index in [1.807, 2.05) is 6.92 Å². The molecule has 2 atom stereocenters. The van der Waals surface area contributed by atoms with Crippen LogP contribution in [0.15, 0.2) is 11.6 Å². The van der Waals surface area contributed by atoms with Crippen molar-refractivity contribution in [1.29, 1.82) is 0 Å². The van der Waals surface area contributed by atoms with Gasteiger partial charge in [0, 0.05) is 6.54 Å². The van der Waals surface area contributed by atoms with Gasteiger partial charge in [-0.1, -0.05) is 11.6 Å². The molecule has 1 fully saturated rings. The van der Waals surface area contributed by atoms with Crippen LogP contribution >= 0.6 is 0 Å². The third-order valence-electron chi connectivity index (χ3n) is 4.29. The molecular weight excluding hydrogens is 254 g/mol. The van der Waals surface area contributed by atoms with Gasteiger partial charge in [0.15, 0.2) is 12.6 Å². The Hall–Kier alpha value is -1.36. The van der Waals surface area contributed by atoms with Crippen molar-refractivity contribution < 1.29 is 14.5 Å². The molecule has 2 aliphatic rings. The Morgan fingerprint density at radius 3 is 3.05 bits per heavy atom. The lowest BCUT2D eigenvalue weighted by Gasteiger charge is -2.28. The van der Waals surface area contributed by atoms with Gasteiger partial charge >= 0.3 is 0 Å². The predicted molar refractivity (Wildman–Crippen MR) is 77.3 cm³/mol. The maximum Gasteiger partial charge on any atom is 0.278 e. The van der Waals surface area contributed by atoms with Crippen molar-refractivity contribution in [2.45, 2.75) is 45.1 Å². The van der Waals surface area contributed by atoms with Crippen molar-refractivity contribution in [2.75, 3.05) is 26.2 Å². The highest BCUT2D eigenvalue weighted by Gasteiger charge is 2.29. The molecule has 1 saturated heterocycles. The number of quaternary nitrogens is 1. The molecular formula is C15H26N3O2+. The minimum Gasteiger partial charge on any atom is -0.351 e. The third-order valence-corrected chi connectivity index (χ3v) is 4.29. The Morgan fingerprint density at radius 1 is 1.50 bits per heavy atom. The second-order valence-electron chi connectivity index (χ2n) is 5.81. The molecule has 0 bridgehead atoms. The number of hydrogen-bond acceptors (Lipinski definition) is 2.